The van der Waals surface area contributed by atoms with Gasteiger partial charge in [0.15, 0.2) is 0 Å². The molecule has 1 fully saturated rings. The molecule has 0 aromatic heterocycles. The van der Waals surface area contributed by atoms with Crippen molar-refractivity contribution < 1.29 is 4.74 Å². The number of hydrogen-bond acceptors (Lipinski definition) is 3. The average Bonchev–Trinajstić information content (AvgIpc) is 2.85. The van der Waals surface area contributed by atoms with E-state index in [1.165, 1.54) is 32.1 Å². The molecule has 0 aliphatic carbocycles. The van der Waals surface area contributed by atoms with E-state index in [4.69, 9.17) is 9.84 Å². The summed E-state index contributed by atoms with van der Waals surface area (Å²) in [4.78, 5) is 0. The van der Waals surface area contributed by atoms with Gasteiger partial charge in [0.25, 0.3) is 0 Å². The van der Waals surface area contributed by atoms with Crippen LogP contribution in [0.4, 0.5) is 0 Å². The smallest absolute Gasteiger partial charge is 0.0704 e. The van der Waals surface area contributed by atoms with Crippen molar-refractivity contribution in [3.8, 4) is 0 Å². The zero-order valence-corrected chi connectivity index (χ0v) is 12.9. The highest BCUT2D eigenvalue weighted by atomic mass is 16.5. The van der Waals surface area contributed by atoms with Crippen LogP contribution in [0.5, 0.6) is 0 Å². The van der Waals surface area contributed by atoms with Crippen LogP contribution in [-0.4, -0.2) is 37.5 Å². The molecule has 0 radical (unpaired) electrons. The number of nitrogens with zero attached hydrogens (tertiary/aromatic N) is 2. The summed E-state index contributed by atoms with van der Waals surface area (Å²) >= 11 is 0. The van der Waals surface area contributed by atoms with Crippen LogP contribution < -0.4 is 0 Å². The Kier molecular flexibility index (Phi) is 7.14. The molecule has 0 aromatic carbocycles. The third-order valence-electron chi connectivity index (χ3n) is 3.99. The quantitative estimate of drug-likeness (QED) is 0.360. The van der Waals surface area contributed by atoms with E-state index in [2.05, 4.69) is 31.6 Å². The molecule has 1 rings (SSSR count). The van der Waals surface area contributed by atoms with Crippen molar-refractivity contribution in [3.63, 3.8) is 0 Å². The lowest BCUT2D eigenvalue weighted by atomic mass is 9.86. The van der Waals surface area contributed by atoms with Gasteiger partial charge in [-0.2, -0.15) is 5.10 Å². The van der Waals surface area contributed by atoms with E-state index in [0.717, 1.165) is 19.6 Å². The van der Waals surface area contributed by atoms with Crippen molar-refractivity contribution in [1.29, 1.82) is 0 Å². The van der Waals surface area contributed by atoms with Crippen LogP contribution in [0.1, 0.15) is 52.4 Å². The molecule has 1 aliphatic rings. The van der Waals surface area contributed by atoms with E-state index >= 15 is 0 Å². The van der Waals surface area contributed by atoms with Gasteiger partial charge in [0.2, 0.25) is 0 Å². The SMILES string of the molecule is C=C[C@@](C)(/C=N/N1CCC[C@H]1COC)CCCCC. The molecule has 19 heavy (non-hydrogen) atoms. The Morgan fingerprint density at radius 3 is 2.89 bits per heavy atom. The van der Waals surface area contributed by atoms with Crippen molar-refractivity contribution in [3.05, 3.63) is 12.7 Å². The van der Waals surface area contributed by atoms with Crippen LogP contribution in [0.3, 0.4) is 0 Å². The fourth-order valence-electron chi connectivity index (χ4n) is 2.52. The minimum absolute atomic E-state index is 0.0232. The summed E-state index contributed by atoms with van der Waals surface area (Å²) in [7, 11) is 1.76. The summed E-state index contributed by atoms with van der Waals surface area (Å²) in [6.45, 7) is 10.3. The Balaban J connectivity index is 2.53. The first kappa shape index (κ1) is 16.2. The summed E-state index contributed by atoms with van der Waals surface area (Å²) < 4.78 is 5.26. The molecule has 0 saturated carbocycles. The molecule has 0 aromatic rings. The van der Waals surface area contributed by atoms with Gasteiger partial charge in [-0.15, -0.1) is 6.58 Å². The standard InChI is InChI=1S/C16H30N2O/c1-5-7-8-11-16(3,6-2)14-17-18-12-9-10-15(18)13-19-4/h6,14-15H,2,5,7-13H2,1,3-4H3/b17-14+/t15-,16+/m0/s1. The van der Waals surface area contributed by atoms with Crippen LogP contribution in [0.2, 0.25) is 0 Å². The maximum atomic E-state index is 5.26. The summed E-state index contributed by atoms with van der Waals surface area (Å²) in [5.41, 5.74) is 0.0232. The second-order valence-electron chi connectivity index (χ2n) is 5.83. The van der Waals surface area contributed by atoms with E-state index in [9.17, 15) is 0 Å². The molecule has 0 amide bonds. The molecule has 1 saturated heterocycles. The van der Waals surface area contributed by atoms with Gasteiger partial charge in [-0.3, -0.25) is 5.01 Å². The number of hydrazone groups is 1. The lowest BCUT2D eigenvalue weighted by molar-refractivity contribution is 0.117. The summed E-state index contributed by atoms with van der Waals surface area (Å²) in [6.07, 6.45) is 11.4. The number of unbranched alkanes of at least 4 members (excludes halogenated alkanes) is 2. The van der Waals surface area contributed by atoms with Gasteiger partial charge in [0.1, 0.15) is 0 Å². The van der Waals surface area contributed by atoms with Gasteiger partial charge in [0, 0.05) is 25.3 Å². The number of hydrogen-bond donors (Lipinski definition) is 0. The van der Waals surface area contributed by atoms with Crippen molar-refractivity contribution in [2.45, 2.75) is 58.4 Å². The fraction of sp³-hybridized carbons (Fsp3) is 0.812. The molecule has 0 bridgehead atoms. The molecule has 110 valence electrons. The molecular formula is C16H30N2O. The molecule has 0 spiro atoms. The van der Waals surface area contributed by atoms with Gasteiger partial charge in [-0.05, 0) is 19.3 Å². The number of ether oxygens (including phenoxy) is 1. The lowest BCUT2D eigenvalue weighted by Gasteiger charge is -2.25. The minimum Gasteiger partial charge on any atom is -0.382 e. The summed E-state index contributed by atoms with van der Waals surface area (Å²) in [5.74, 6) is 0. The fourth-order valence-corrected chi connectivity index (χ4v) is 2.52. The van der Waals surface area contributed by atoms with Crippen molar-refractivity contribution in [1.82, 2.24) is 5.01 Å². The zero-order valence-electron chi connectivity index (χ0n) is 12.9. The zero-order chi connectivity index (χ0) is 14.1. The molecule has 1 aliphatic heterocycles. The molecule has 1 heterocycles. The number of rotatable bonds is 9. The second kappa shape index (κ2) is 8.36. The van der Waals surface area contributed by atoms with Crippen LogP contribution in [0.15, 0.2) is 17.8 Å². The first-order valence-electron chi connectivity index (χ1n) is 7.59. The van der Waals surface area contributed by atoms with Crippen LogP contribution in [0.25, 0.3) is 0 Å². The maximum Gasteiger partial charge on any atom is 0.0704 e. The van der Waals surface area contributed by atoms with Crippen molar-refractivity contribution >= 4 is 6.21 Å². The molecule has 3 heteroatoms. The average molecular weight is 266 g/mol. The summed E-state index contributed by atoms with van der Waals surface area (Å²) in [6, 6.07) is 0.450. The highest BCUT2D eigenvalue weighted by Gasteiger charge is 2.24. The molecule has 0 unspecified atom stereocenters. The third-order valence-corrected chi connectivity index (χ3v) is 3.99. The third kappa shape index (κ3) is 5.35. The first-order valence-corrected chi connectivity index (χ1v) is 7.59. The Bertz CT molecular complexity index is 290. The van der Waals surface area contributed by atoms with Gasteiger partial charge in [-0.1, -0.05) is 39.2 Å². The predicted octanol–water partition coefficient (Wildman–Crippen LogP) is 3.86. The Morgan fingerprint density at radius 1 is 1.47 bits per heavy atom. The Labute approximate surface area is 118 Å². The van der Waals surface area contributed by atoms with Gasteiger partial charge >= 0.3 is 0 Å². The number of allylic oxidation sites excluding steroid dienone is 1. The molecule has 0 N–H and O–H groups in total. The van der Waals surface area contributed by atoms with E-state index in [1.807, 2.05) is 6.08 Å². The summed E-state index contributed by atoms with van der Waals surface area (Å²) in [5, 5.41) is 6.89. The van der Waals surface area contributed by atoms with E-state index in [1.54, 1.807) is 7.11 Å². The highest BCUT2D eigenvalue weighted by Crippen LogP contribution is 2.25. The molecule has 3 nitrogen and oxygen atoms in total. The van der Waals surface area contributed by atoms with Crippen molar-refractivity contribution in [2.75, 3.05) is 20.3 Å². The van der Waals surface area contributed by atoms with E-state index in [0.29, 0.717) is 6.04 Å². The highest BCUT2D eigenvalue weighted by molar-refractivity contribution is 5.67. The van der Waals surface area contributed by atoms with Gasteiger partial charge in [-0.25, -0.2) is 0 Å². The van der Waals surface area contributed by atoms with E-state index in [-0.39, 0.29) is 5.41 Å². The number of methoxy groups -OCH3 is 1. The largest absolute Gasteiger partial charge is 0.382 e. The lowest BCUT2D eigenvalue weighted by Crippen LogP contribution is -2.29. The Morgan fingerprint density at radius 2 is 2.26 bits per heavy atom. The minimum atomic E-state index is 0.0232. The molecular weight excluding hydrogens is 236 g/mol. The predicted molar refractivity (Wildman–Crippen MR) is 82.5 cm³/mol. The van der Waals surface area contributed by atoms with E-state index < -0.39 is 0 Å². The second-order valence-corrected chi connectivity index (χ2v) is 5.83. The maximum absolute atomic E-state index is 5.26. The topological polar surface area (TPSA) is 24.8 Å². The van der Waals surface area contributed by atoms with Crippen LogP contribution >= 0.6 is 0 Å². The van der Waals surface area contributed by atoms with Gasteiger partial charge < -0.3 is 4.74 Å². The van der Waals surface area contributed by atoms with Crippen molar-refractivity contribution in [2.24, 2.45) is 10.5 Å². The first-order chi connectivity index (χ1) is 9.15. The molecule has 2 atom stereocenters. The van der Waals surface area contributed by atoms with Crippen LogP contribution in [0, 0.1) is 5.41 Å². The van der Waals surface area contributed by atoms with Gasteiger partial charge in [0.05, 0.1) is 12.6 Å². The monoisotopic (exact) mass is 266 g/mol. The normalized spacial score (nSPS) is 22.9. The van der Waals surface area contributed by atoms with Crippen LogP contribution in [-0.2, 0) is 4.74 Å². The Hall–Kier alpha value is -0.830.